The SMILES string of the molecule is NCc1cnc(N2CCN(c3ccccn3)CC2)c(Cl)c1. The molecule has 1 aliphatic heterocycles. The Morgan fingerprint density at radius 1 is 1.10 bits per heavy atom. The highest BCUT2D eigenvalue weighted by Gasteiger charge is 2.20. The molecule has 0 spiro atoms. The molecular weight excluding hydrogens is 286 g/mol. The van der Waals surface area contributed by atoms with Gasteiger partial charge in [0.1, 0.15) is 11.6 Å². The van der Waals surface area contributed by atoms with Crippen LogP contribution in [-0.2, 0) is 6.54 Å². The van der Waals surface area contributed by atoms with Crippen LogP contribution in [-0.4, -0.2) is 36.1 Å². The quantitative estimate of drug-likeness (QED) is 0.939. The number of anilines is 2. The largest absolute Gasteiger partial charge is 0.353 e. The maximum absolute atomic E-state index is 6.31. The normalized spacial score (nSPS) is 15.3. The second-order valence-electron chi connectivity index (χ2n) is 5.02. The molecule has 1 fully saturated rings. The van der Waals surface area contributed by atoms with E-state index in [4.69, 9.17) is 17.3 Å². The van der Waals surface area contributed by atoms with Crippen molar-refractivity contribution in [2.24, 2.45) is 5.73 Å². The van der Waals surface area contributed by atoms with Crippen LogP contribution in [0.5, 0.6) is 0 Å². The average Bonchev–Trinajstić information content (AvgIpc) is 2.56. The van der Waals surface area contributed by atoms with Crippen molar-refractivity contribution in [3.8, 4) is 0 Å². The smallest absolute Gasteiger partial charge is 0.147 e. The lowest BCUT2D eigenvalue weighted by Gasteiger charge is -2.36. The summed E-state index contributed by atoms with van der Waals surface area (Å²) in [6.45, 7) is 4.04. The fraction of sp³-hybridized carbons (Fsp3) is 0.333. The number of nitrogens with two attached hydrogens (primary N) is 1. The number of hydrogen-bond donors (Lipinski definition) is 1. The zero-order valence-electron chi connectivity index (χ0n) is 11.7. The van der Waals surface area contributed by atoms with Crippen LogP contribution in [0.2, 0.25) is 5.02 Å². The van der Waals surface area contributed by atoms with E-state index >= 15 is 0 Å². The van der Waals surface area contributed by atoms with Crippen LogP contribution in [0.25, 0.3) is 0 Å². The van der Waals surface area contributed by atoms with Gasteiger partial charge in [-0.1, -0.05) is 17.7 Å². The average molecular weight is 304 g/mol. The summed E-state index contributed by atoms with van der Waals surface area (Å²) in [6.07, 6.45) is 3.62. The molecule has 110 valence electrons. The third-order valence-electron chi connectivity index (χ3n) is 3.67. The van der Waals surface area contributed by atoms with Crippen molar-refractivity contribution in [1.29, 1.82) is 0 Å². The Balaban J connectivity index is 1.68. The first-order valence-electron chi connectivity index (χ1n) is 7.03. The maximum atomic E-state index is 6.31. The van der Waals surface area contributed by atoms with E-state index in [2.05, 4.69) is 19.8 Å². The molecule has 6 heteroatoms. The van der Waals surface area contributed by atoms with Gasteiger partial charge in [-0.2, -0.15) is 0 Å². The summed E-state index contributed by atoms with van der Waals surface area (Å²) >= 11 is 6.31. The van der Waals surface area contributed by atoms with E-state index in [-0.39, 0.29) is 0 Å². The van der Waals surface area contributed by atoms with Gasteiger partial charge in [-0.15, -0.1) is 0 Å². The summed E-state index contributed by atoms with van der Waals surface area (Å²) in [7, 11) is 0. The summed E-state index contributed by atoms with van der Waals surface area (Å²) in [6, 6.07) is 7.88. The van der Waals surface area contributed by atoms with Crippen molar-refractivity contribution < 1.29 is 0 Å². The Kier molecular flexibility index (Phi) is 4.22. The number of nitrogens with zero attached hydrogens (tertiary/aromatic N) is 4. The third kappa shape index (κ3) is 3.09. The Morgan fingerprint density at radius 3 is 2.48 bits per heavy atom. The molecule has 1 saturated heterocycles. The van der Waals surface area contributed by atoms with Gasteiger partial charge in [-0.3, -0.25) is 0 Å². The lowest BCUT2D eigenvalue weighted by Crippen LogP contribution is -2.47. The third-order valence-corrected chi connectivity index (χ3v) is 3.94. The van der Waals surface area contributed by atoms with Gasteiger partial charge in [-0.05, 0) is 23.8 Å². The van der Waals surface area contributed by atoms with Gasteiger partial charge < -0.3 is 15.5 Å². The molecule has 0 radical (unpaired) electrons. The second kappa shape index (κ2) is 6.28. The molecule has 3 rings (SSSR count). The van der Waals surface area contributed by atoms with Crippen molar-refractivity contribution in [1.82, 2.24) is 9.97 Å². The maximum Gasteiger partial charge on any atom is 0.147 e. The molecule has 21 heavy (non-hydrogen) atoms. The second-order valence-corrected chi connectivity index (χ2v) is 5.42. The highest BCUT2D eigenvalue weighted by molar-refractivity contribution is 6.33. The Labute approximate surface area is 129 Å². The first-order valence-corrected chi connectivity index (χ1v) is 7.41. The number of pyridine rings is 2. The topological polar surface area (TPSA) is 58.3 Å². The molecule has 0 aliphatic carbocycles. The lowest BCUT2D eigenvalue weighted by atomic mass is 10.2. The molecule has 0 aromatic carbocycles. The number of aromatic nitrogens is 2. The first kappa shape index (κ1) is 14.1. The number of halogens is 1. The van der Waals surface area contributed by atoms with Crippen LogP contribution in [0.1, 0.15) is 5.56 Å². The number of rotatable bonds is 3. The van der Waals surface area contributed by atoms with Crippen LogP contribution >= 0.6 is 11.6 Å². The Bertz CT molecular complexity index is 596. The molecule has 0 amide bonds. The fourth-order valence-electron chi connectivity index (χ4n) is 2.50. The molecule has 3 heterocycles. The van der Waals surface area contributed by atoms with E-state index in [1.807, 2.05) is 30.5 Å². The van der Waals surface area contributed by atoms with Crippen LogP contribution < -0.4 is 15.5 Å². The monoisotopic (exact) mass is 303 g/mol. The van der Waals surface area contributed by atoms with Gasteiger partial charge in [-0.25, -0.2) is 9.97 Å². The highest BCUT2D eigenvalue weighted by Crippen LogP contribution is 2.25. The van der Waals surface area contributed by atoms with E-state index in [0.29, 0.717) is 11.6 Å². The molecule has 2 aromatic rings. The van der Waals surface area contributed by atoms with Crippen molar-refractivity contribution in [3.05, 3.63) is 47.2 Å². The minimum absolute atomic E-state index is 0.459. The molecule has 0 atom stereocenters. The molecule has 0 bridgehead atoms. The molecule has 0 unspecified atom stereocenters. The molecule has 1 aliphatic rings. The van der Waals surface area contributed by atoms with Gasteiger partial charge in [0.05, 0.1) is 5.02 Å². The fourth-order valence-corrected chi connectivity index (χ4v) is 2.81. The number of piperazine rings is 1. The minimum Gasteiger partial charge on any atom is -0.353 e. The summed E-state index contributed by atoms with van der Waals surface area (Å²) < 4.78 is 0. The summed E-state index contributed by atoms with van der Waals surface area (Å²) in [5.74, 6) is 1.87. The molecule has 2 aromatic heterocycles. The Hall–Kier alpha value is -1.85. The van der Waals surface area contributed by atoms with Gasteiger partial charge in [0.15, 0.2) is 0 Å². The van der Waals surface area contributed by atoms with E-state index in [1.54, 1.807) is 6.20 Å². The summed E-state index contributed by atoms with van der Waals surface area (Å²) in [4.78, 5) is 13.3. The Morgan fingerprint density at radius 2 is 1.86 bits per heavy atom. The van der Waals surface area contributed by atoms with Gasteiger partial charge in [0.25, 0.3) is 0 Å². The van der Waals surface area contributed by atoms with E-state index < -0.39 is 0 Å². The summed E-state index contributed by atoms with van der Waals surface area (Å²) in [5.41, 5.74) is 6.56. The van der Waals surface area contributed by atoms with Crippen LogP contribution in [0.3, 0.4) is 0 Å². The molecule has 0 saturated carbocycles. The molecular formula is C15H18ClN5. The van der Waals surface area contributed by atoms with E-state index in [0.717, 1.165) is 43.4 Å². The molecule has 5 nitrogen and oxygen atoms in total. The predicted molar refractivity (Wildman–Crippen MR) is 85.8 cm³/mol. The van der Waals surface area contributed by atoms with E-state index in [1.165, 1.54) is 0 Å². The lowest BCUT2D eigenvalue weighted by molar-refractivity contribution is 0.641. The van der Waals surface area contributed by atoms with Crippen molar-refractivity contribution in [2.45, 2.75) is 6.54 Å². The van der Waals surface area contributed by atoms with Crippen molar-refractivity contribution in [2.75, 3.05) is 36.0 Å². The highest BCUT2D eigenvalue weighted by atomic mass is 35.5. The van der Waals surface area contributed by atoms with Crippen LogP contribution in [0.15, 0.2) is 36.7 Å². The van der Waals surface area contributed by atoms with Crippen molar-refractivity contribution >= 4 is 23.2 Å². The van der Waals surface area contributed by atoms with E-state index in [9.17, 15) is 0 Å². The summed E-state index contributed by atoms with van der Waals surface area (Å²) in [5, 5.41) is 0.671. The van der Waals surface area contributed by atoms with Gasteiger partial charge in [0, 0.05) is 45.1 Å². The zero-order chi connectivity index (χ0) is 14.7. The van der Waals surface area contributed by atoms with Crippen molar-refractivity contribution in [3.63, 3.8) is 0 Å². The standard InChI is InChI=1S/C15H18ClN5/c16-13-9-12(10-17)11-19-15(13)21-7-5-20(6-8-21)14-3-1-2-4-18-14/h1-4,9,11H,5-8,10,17H2. The zero-order valence-corrected chi connectivity index (χ0v) is 12.5. The van der Waals surface area contributed by atoms with Gasteiger partial charge >= 0.3 is 0 Å². The predicted octanol–water partition coefficient (Wildman–Crippen LogP) is 1.92. The minimum atomic E-state index is 0.459. The molecule has 2 N–H and O–H groups in total. The number of hydrogen-bond acceptors (Lipinski definition) is 5. The van der Waals surface area contributed by atoms with Gasteiger partial charge in [0.2, 0.25) is 0 Å². The van der Waals surface area contributed by atoms with Crippen LogP contribution in [0.4, 0.5) is 11.6 Å². The van der Waals surface area contributed by atoms with Crippen LogP contribution in [0, 0.1) is 0 Å². The first-order chi connectivity index (χ1) is 10.3.